The first-order valence-electron chi connectivity index (χ1n) is 4.68. The fourth-order valence-corrected chi connectivity index (χ4v) is 1.41. The second kappa shape index (κ2) is 6.74. The first kappa shape index (κ1) is 13.3. The van der Waals surface area contributed by atoms with E-state index in [1.807, 2.05) is 0 Å². The standard InChI is InChI=1S/C11H18BrCl/c1-11(2,3)8-7-10(12)6-4-5-9-13/h10H,4-6,9H2,1-3H3. The van der Waals surface area contributed by atoms with Gasteiger partial charge in [-0.2, -0.15) is 0 Å². The summed E-state index contributed by atoms with van der Waals surface area (Å²) in [5.41, 5.74) is 0.110. The maximum Gasteiger partial charge on any atom is 0.0754 e. The molecule has 2 heteroatoms. The molecule has 0 nitrogen and oxygen atoms in total. The highest BCUT2D eigenvalue weighted by atomic mass is 79.9. The lowest BCUT2D eigenvalue weighted by Crippen LogP contribution is -2.02. The van der Waals surface area contributed by atoms with Crippen molar-refractivity contribution in [2.45, 2.75) is 44.9 Å². The van der Waals surface area contributed by atoms with Gasteiger partial charge in [0, 0.05) is 11.3 Å². The van der Waals surface area contributed by atoms with Gasteiger partial charge in [0.15, 0.2) is 0 Å². The van der Waals surface area contributed by atoms with E-state index in [0.29, 0.717) is 4.83 Å². The van der Waals surface area contributed by atoms with E-state index in [0.717, 1.165) is 25.1 Å². The summed E-state index contributed by atoms with van der Waals surface area (Å²) < 4.78 is 0. The molecule has 13 heavy (non-hydrogen) atoms. The van der Waals surface area contributed by atoms with Crippen LogP contribution in [0.4, 0.5) is 0 Å². The SMILES string of the molecule is CC(C)(C)C#CC(Br)CCCCCl. The second-order valence-electron chi connectivity index (χ2n) is 4.17. The highest BCUT2D eigenvalue weighted by molar-refractivity contribution is 9.09. The molecule has 0 rings (SSSR count). The summed E-state index contributed by atoms with van der Waals surface area (Å²) in [7, 11) is 0. The van der Waals surface area contributed by atoms with Crippen LogP contribution < -0.4 is 0 Å². The van der Waals surface area contributed by atoms with Crippen molar-refractivity contribution in [2.24, 2.45) is 5.41 Å². The maximum absolute atomic E-state index is 5.58. The lowest BCUT2D eigenvalue weighted by atomic mass is 9.98. The van der Waals surface area contributed by atoms with Gasteiger partial charge in [-0.3, -0.25) is 0 Å². The highest BCUT2D eigenvalue weighted by Gasteiger charge is 2.05. The van der Waals surface area contributed by atoms with Crippen LogP contribution in [0.15, 0.2) is 0 Å². The van der Waals surface area contributed by atoms with Crippen LogP contribution in [0.3, 0.4) is 0 Å². The molecule has 0 aromatic heterocycles. The molecule has 0 aliphatic heterocycles. The van der Waals surface area contributed by atoms with Crippen LogP contribution in [0.2, 0.25) is 0 Å². The molecular formula is C11H18BrCl. The Balaban J connectivity index is 3.71. The van der Waals surface area contributed by atoms with Gasteiger partial charge in [-0.05, 0) is 33.6 Å². The zero-order valence-corrected chi connectivity index (χ0v) is 11.0. The summed E-state index contributed by atoms with van der Waals surface area (Å²) in [6, 6.07) is 0. The Labute approximate surface area is 95.6 Å². The summed E-state index contributed by atoms with van der Waals surface area (Å²) in [5, 5.41) is 0. The van der Waals surface area contributed by atoms with E-state index in [1.165, 1.54) is 0 Å². The normalized spacial score (nSPS) is 13.3. The molecular weight excluding hydrogens is 247 g/mol. The molecule has 0 aliphatic rings. The van der Waals surface area contributed by atoms with E-state index in [4.69, 9.17) is 11.6 Å². The number of rotatable bonds is 4. The fraction of sp³-hybridized carbons (Fsp3) is 0.818. The van der Waals surface area contributed by atoms with Crippen molar-refractivity contribution in [2.75, 3.05) is 5.88 Å². The molecule has 0 fully saturated rings. The number of halogens is 2. The molecule has 0 bridgehead atoms. The largest absolute Gasteiger partial charge is 0.127 e. The number of unbranched alkanes of at least 4 members (excludes halogenated alkanes) is 1. The fourth-order valence-electron chi connectivity index (χ4n) is 0.785. The third-order valence-electron chi connectivity index (χ3n) is 1.44. The quantitative estimate of drug-likeness (QED) is 0.406. The van der Waals surface area contributed by atoms with Crippen molar-refractivity contribution in [3.8, 4) is 11.8 Å². The first-order valence-corrected chi connectivity index (χ1v) is 6.13. The van der Waals surface area contributed by atoms with Gasteiger partial charge in [-0.15, -0.1) is 11.6 Å². The van der Waals surface area contributed by atoms with E-state index in [-0.39, 0.29) is 5.41 Å². The van der Waals surface area contributed by atoms with Gasteiger partial charge in [0.05, 0.1) is 4.83 Å². The smallest absolute Gasteiger partial charge is 0.0754 e. The zero-order valence-electron chi connectivity index (χ0n) is 8.66. The molecule has 0 aromatic carbocycles. The number of hydrogen-bond acceptors (Lipinski definition) is 0. The molecule has 0 heterocycles. The van der Waals surface area contributed by atoms with Crippen LogP contribution >= 0.6 is 27.5 Å². The van der Waals surface area contributed by atoms with Gasteiger partial charge in [-0.1, -0.05) is 34.2 Å². The van der Waals surface area contributed by atoms with Crippen molar-refractivity contribution >= 4 is 27.5 Å². The van der Waals surface area contributed by atoms with E-state index in [1.54, 1.807) is 0 Å². The average molecular weight is 266 g/mol. The number of alkyl halides is 2. The molecule has 0 amide bonds. The van der Waals surface area contributed by atoms with Gasteiger partial charge in [-0.25, -0.2) is 0 Å². The van der Waals surface area contributed by atoms with E-state index in [9.17, 15) is 0 Å². The molecule has 0 aromatic rings. The van der Waals surface area contributed by atoms with Gasteiger partial charge >= 0.3 is 0 Å². The van der Waals surface area contributed by atoms with Crippen LogP contribution in [0.1, 0.15) is 40.0 Å². The summed E-state index contributed by atoms with van der Waals surface area (Å²) in [5.74, 6) is 7.18. The Bertz CT molecular complexity index is 182. The third-order valence-corrected chi connectivity index (χ3v) is 2.40. The molecule has 0 radical (unpaired) electrons. The highest BCUT2D eigenvalue weighted by Crippen LogP contribution is 2.13. The monoisotopic (exact) mass is 264 g/mol. The molecule has 0 aliphatic carbocycles. The van der Waals surface area contributed by atoms with Crippen molar-refractivity contribution in [3.63, 3.8) is 0 Å². The van der Waals surface area contributed by atoms with Crippen LogP contribution in [-0.2, 0) is 0 Å². The van der Waals surface area contributed by atoms with Crippen molar-refractivity contribution < 1.29 is 0 Å². The molecule has 0 N–H and O–H groups in total. The summed E-state index contributed by atoms with van der Waals surface area (Å²) >= 11 is 9.13. The van der Waals surface area contributed by atoms with E-state index >= 15 is 0 Å². The minimum Gasteiger partial charge on any atom is -0.127 e. The topological polar surface area (TPSA) is 0 Å². The summed E-state index contributed by atoms with van der Waals surface area (Å²) in [4.78, 5) is 0.329. The third kappa shape index (κ3) is 10.2. The number of hydrogen-bond donors (Lipinski definition) is 0. The predicted molar refractivity (Wildman–Crippen MR) is 64.5 cm³/mol. The van der Waals surface area contributed by atoms with E-state index in [2.05, 4.69) is 48.5 Å². The van der Waals surface area contributed by atoms with E-state index < -0.39 is 0 Å². The lowest BCUT2D eigenvalue weighted by Gasteiger charge is -2.08. The molecule has 76 valence electrons. The van der Waals surface area contributed by atoms with Crippen LogP contribution in [0.5, 0.6) is 0 Å². The molecule has 0 saturated carbocycles. The van der Waals surface area contributed by atoms with Crippen LogP contribution in [-0.4, -0.2) is 10.7 Å². The summed E-state index contributed by atoms with van der Waals surface area (Å²) in [6.45, 7) is 6.37. The molecule has 0 spiro atoms. The van der Waals surface area contributed by atoms with Gasteiger partial charge < -0.3 is 0 Å². The zero-order chi connectivity index (χ0) is 10.3. The van der Waals surface area contributed by atoms with Crippen molar-refractivity contribution in [1.82, 2.24) is 0 Å². The lowest BCUT2D eigenvalue weighted by molar-refractivity contribution is 0.570. The average Bonchev–Trinajstić information content (AvgIpc) is 2.00. The molecule has 1 atom stereocenters. The molecule has 0 saturated heterocycles. The Morgan fingerprint density at radius 2 is 1.92 bits per heavy atom. The predicted octanol–water partition coefficient (Wildman–Crippen LogP) is 4.21. The minimum atomic E-state index is 0.110. The van der Waals surface area contributed by atoms with Gasteiger partial charge in [0.1, 0.15) is 0 Å². The van der Waals surface area contributed by atoms with Gasteiger partial charge in [0.2, 0.25) is 0 Å². The van der Waals surface area contributed by atoms with Crippen LogP contribution in [0, 0.1) is 17.3 Å². The maximum atomic E-state index is 5.58. The Morgan fingerprint density at radius 3 is 2.38 bits per heavy atom. The van der Waals surface area contributed by atoms with Crippen LogP contribution in [0.25, 0.3) is 0 Å². The first-order chi connectivity index (χ1) is 5.95. The second-order valence-corrected chi connectivity index (χ2v) is 5.65. The molecule has 1 unspecified atom stereocenters. The Morgan fingerprint density at radius 1 is 1.31 bits per heavy atom. The minimum absolute atomic E-state index is 0.110. The Hall–Kier alpha value is 0.330. The Kier molecular flexibility index (Phi) is 6.91. The van der Waals surface area contributed by atoms with Crippen molar-refractivity contribution in [1.29, 1.82) is 0 Å². The summed E-state index contributed by atoms with van der Waals surface area (Å²) in [6.07, 6.45) is 3.33. The van der Waals surface area contributed by atoms with Gasteiger partial charge in [0.25, 0.3) is 0 Å². The van der Waals surface area contributed by atoms with Crippen molar-refractivity contribution in [3.05, 3.63) is 0 Å².